The Bertz CT molecular complexity index is 1740. The van der Waals surface area contributed by atoms with Crippen molar-refractivity contribution >= 4 is 40.9 Å². The minimum absolute atomic E-state index is 0.128. The maximum absolute atomic E-state index is 13.5. The molecule has 0 saturated carbocycles. The van der Waals surface area contributed by atoms with Crippen LogP contribution in [0.25, 0.3) is 22.2 Å². The number of pyridine rings is 1. The van der Waals surface area contributed by atoms with Crippen LogP contribution < -0.4 is 16.0 Å². The summed E-state index contributed by atoms with van der Waals surface area (Å²) >= 11 is 0. The van der Waals surface area contributed by atoms with Gasteiger partial charge in [0.2, 0.25) is 11.8 Å². The molecule has 274 valence electrons. The lowest BCUT2D eigenvalue weighted by Gasteiger charge is -2.30. The van der Waals surface area contributed by atoms with Gasteiger partial charge in [0, 0.05) is 37.4 Å². The molecule has 15 nitrogen and oxygen atoms in total. The van der Waals surface area contributed by atoms with E-state index in [1.807, 2.05) is 52.0 Å². The van der Waals surface area contributed by atoms with Gasteiger partial charge in [0.25, 0.3) is 5.91 Å². The van der Waals surface area contributed by atoms with Gasteiger partial charge in [-0.25, -0.2) is 14.6 Å². The maximum Gasteiger partial charge on any atom is 0.407 e. The molecule has 2 aromatic heterocycles. The van der Waals surface area contributed by atoms with Crippen LogP contribution in [-0.2, 0) is 19.1 Å². The summed E-state index contributed by atoms with van der Waals surface area (Å²) in [5.74, 6) is -0.300. The number of amides is 5. The van der Waals surface area contributed by atoms with Crippen LogP contribution >= 0.6 is 0 Å². The first-order valence-electron chi connectivity index (χ1n) is 17.5. The molecule has 2 aliphatic heterocycles. The summed E-state index contributed by atoms with van der Waals surface area (Å²) < 4.78 is 9.43. The monoisotopic (exact) mass is 704 g/mol. The number of fused-ring (bicyclic) bond motifs is 1. The molecule has 0 radical (unpaired) electrons. The van der Waals surface area contributed by atoms with E-state index in [2.05, 4.69) is 25.9 Å². The second kappa shape index (κ2) is 16.2. The number of hydrogen-bond acceptors (Lipinski definition) is 9. The van der Waals surface area contributed by atoms with Crippen molar-refractivity contribution in [3.05, 3.63) is 48.0 Å². The van der Waals surface area contributed by atoms with Gasteiger partial charge in [-0.15, -0.1) is 0 Å². The number of ether oxygens (including phenoxy) is 2. The number of likely N-dealkylation sites (tertiary alicyclic amines) is 2. The molecule has 5 rings (SSSR count). The molecular weight excluding hydrogens is 656 g/mol. The Morgan fingerprint density at radius 3 is 2.06 bits per heavy atom. The van der Waals surface area contributed by atoms with Crippen LogP contribution in [0, 0.1) is 11.8 Å². The number of aromatic amines is 1. The molecule has 2 aliphatic rings. The van der Waals surface area contributed by atoms with Gasteiger partial charge in [0.15, 0.2) is 0 Å². The highest BCUT2D eigenvalue weighted by molar-refractivity contribution is 5.93. The van der Waals surface area contributed by atoms with Crippen molar-refractivity contribution in [2.75, 3.05) is 33.9 Å². The molecular formula is C36H48N8O7. The number of nitrogens with zero attached hydrogens (tertiary/aromatic N) is 4. The lowest BCUT2D eigenvalue weighted by Crippen LogP contribution is -2.54. The van der Waals surface area contributed by atoms with E-state index in [4.69, 9.17) is 14.5 Å². The van der Waals surface area contributed by atoms with Crippen molar-refractivity contribution in [1.29, 1.82) is 0 Å². The quantitative estimate of drug-likeness (QED) is 0.230. The van der Waals surface area contributed by atoms with Gasteiger partial charge >= 0.3 is 12.2 Å². The number of carbonyl (C=O) groups excluding carboxylic acids is 5. The Labute approximate surface area is 297 Å². The van der Waals surface area contributed by atoms with E-state index in [0.717, 1.165) is 47.8 Å². The number of methoxy groups -OCH3 is 2. The number of nitrogens with one attached hydrogen (secondary N) is 4. The third-order valence-electron chi connectivity index (χ3n) is 9.62. The second-order valence-corrected chi connectivity index (χ2v) is 13.7. The summed E-state index contributed by atoms with van der Waals surface area (Å²) in [6, 6.07) is 7.40. The van der Waals surface area contributed by atoms with Gasteiger partial charge in [-0.3, -0.25) is 19.4 Å². The van der Waals surface area contributed by atoms with Gasteiger partial charge in [0.1, 0.15) is 23.6 Å². The molecule has 3 aromatic rings. The summed E-state index contributed by atoms with van der Waals surface area (Å²) in [6.45, 7) is 8.85. The standard InChI is InChI=1S/C36H48N8O7/c1-20(2)29(41-35(48)50-5)33(46)43-15-7-9-24(43)19-38-32(45)26-14-12-23(18-37-26)22-11-13-25-27(17-22)40-31(39-25)28-10-8-16-44(28)34(47)30(21(3)4)42-36(49)51-6/h11-14,17-18,20-21,24,28-30H,7-10,15-16,19H2,1-6H3,(H,38,45)(H,39,40)(H,41,48)(H,42,49). The molecule has 51 heavy (non-hydrogen) atoms. The Balaban J connectivity index is 1.23. The van der Waals surface area contributed by atoms with Crippen molar-refractivity contribution in [3.8, 4) is 11.1 Å². The predicted molar refractivity (Wildman–Crippen MR) is 188 cm³/mol. The predicted octanol–water partition coefficient (Wildman–Crippen LogP) is 3.77. The Morgan fingerprint density at radius 2 is 1.45 bits per heavy atom. The number of aromatic nitrogens is 3. The van der Waals surface area contributed by atoms with Gasteiger partial charge in [-0.2, -0.15) is 0 Å². The molecule has 4 N–H and O–H groups in total. The van der Waals surface area contributed by atoms with Crippen LogP contribution in [-0.4, -0.2) is 107 Å². The van der Waals surface area contributed by atoms with Crippen LogP contribution in [0.3, 0.4) is 0 Å². The van der Waals surface area contributed by atoms with Crippen LogP contribution in [0.1, 0.15) is 75.7 Å². The topological polar surface area (TPSA) is 188 Å². The Morgan fingerprint density at radius 1 is 0.843 bits per heavy atom. The third kappa shape index (κ3) is 8.40. The summed E-state index contributed by atoms with van der Waals surface area (Å²) in [5, 5.41) is 8.23. The highest BCUT2D eigenvalue weighted by atomic mass is 16.5. The third-order valence-corrected chi connectivity index (χ3v) is 9.62. The average molecular weight is 705 g/mol. The molecule has 0 aliphatic carbocycles. The fourth-order valence-corrected chi connectivity index (χ4v) is 6.78. The minimum atomic E-state index is -0.726. The second-order valence-electron chi connectivity index (χ2n) is 13.7. The largest absolute Gasteiger partial charge is 0.453 e. The van der Waals surface area contributed by atoms with E-state index < -0.39 is 24.3 Å². The summed E-state index contributed by atoms with van der Waals surface area (Å²) in [7, 11) is 2.53. The number of rotatable bonds is 11. The van der Waals surface area contributed by atoms with Crippen molar-refractivity contribution in [3.63, 3.8) is 0 Å². The molecule has 0 bridgehead atoms. The SMILES string of the molecule is COC(=O)NC(C(=O)N1CCCC1CNC(=O)c1ccc(-c2ccc3nc(C4CCCN4C(=O)C(NC(=O)OC)C(C)C)[nH]c3c2)cn1)C(C)C. The lowest BCUT2D eigenvalue weighted by atomic mass is 10.0. The lowest BCUT2D eigenvalue weighted by molar-refractivity contribution is -0.136. The Kier molecular flexibility index (Phi) is 11.8. The van der Waals surface area contributed by atoms with Gasteiger partial charge in [-0.1, -0.05) is 39.8 Å². The number of hydrogen-bond donors (Lipinski definition) is 4. The molecule has 2 fully saturated rings. The molecule has 4 atom stereocenters. The van der Waals surface area contributed by atoms with Gasteiger partial charge in [0.05, 0.1) is 31.3 Å². The molecule has 0 spiro atoms. The first-order chi connectivity index (χ1) is 24.4. The molecule has 1 aromatic carbocycles. The Hall–Kier alpha value is -5.21. The summed E-state index contributed by atoms with van der Waals surface area (Å²) in [5.41, 5.74) is 3.49. The number of imidazole rings is 1. The molecule has 4 heterocycles. The van der Waals surface area contributed by atoms with Crippen molar-refractivity contribution < 1.29 is 33.4 Å². The van der Waals surface area contributed by atoms with Crippen molar-refractivity contribution in [2.24, 2.45) is 11.8 Å². The molecule has 5 amide bonds. The highest BCUT2D eigenvalue weighted by Gasteiger charge is 2.38. The number of benzene rings is 1. The smallest absolute Gasteiger partial charge is 0.407 e. The number of alkyl carbamates (subject to hydrolysis) is 2. The van der Waals surface area contributed by atoms with Crippen LogP contribution in [0.2, 0.25) is 0 Å². The maximum atomic E-state index is 13.5. The zero-order valence-corrected chi connectivity index (χ0v) is 30.0. The van der Waals surface area contributed by atoms with E-state index in [1.165, 1.54) is 14.2 Å². The first kappa shape index (κ1) is 37.1. The fourth-order valence-electron chi connectivity index (χ4n) is 6.78. The summed E-state index contributed by atoms with van der Waals surface area (Å²) in [6.07, 6.45) is 3.43. The zero-order chi connectivity index (χ0) is 36.8. The minimum Gasteiger partial charge on any atom is -0.453 e. The number of H-pyrrole nitrogens is 1. The van der Waals surface area contributed by atoms with Gasteiger partial charge in [-0.05, 0) is 61.3 Å². The van der Waals surface area contributed by atoms with E-state index in [0.29, 0.717) is 18.9 Å². The fraction of sp³-hybridized carbons (Fsp3) is 0.528. The van der Waals surface area contributed by atoms with E-state index in [9.17, 15) is 24.0 Å². The first-order valence-corrected chi connectivity index (χ1v) is 17.5. The number of carbonyl (C=O) groups is 5. The normalized spacial score (nSPS) is 18.5. The van der Waals surface area contributed by atoms with Crippen molar-refractivity contribution in [1.82, 2.24) is 40.7 Å². The van der Waals surface area contributed by atoms with E-state index in [-0.39, 0.29) is 53.9 Å². The average Bonchev–Trinajstić information content (AvgIpc) is 3.90. The van der Waals surface area contributed by atoms with Crippen molar-refractivity contribution in [2.45, 2.75) is 77.5 Å². The van der Waals surface area contributed by atoms with E-state index in [1.54, 1.807) is 22.1 Å². The van der Waals surface area contributed by atoms with Gasteiger partial charge < -0.3 is 40.2 Å². The van der Waals surface area contributed by atoms with Crippen LogP contribution in [0.15, 0.2) is 36.5 Å². The zero-order valence-electron chi connectivity index (χ0n) is 30.0. The summed E-state index contributed by atoms with van der Waals surface area (Å²) in [4.78, 5) is 79.8. The molecule has 2 saturated heterocycles. The van der Waals surface area contributed by atoms with Crippen LogP contribution in [0.4, 0.5) is 9.59 Å². The highest BCUT2D eigenvalue weighted by Crippen LogP contribution is 2.33. The van der Waals surface area contributed by atoms with E-state index >= 15 is 0 Å². The van der Waals surface area contributed by atoms with Crippen LogP contribution in [0.5, 0.6) is 0 Å². The molecule has 4 unspecified atom stereocenters. The molecule has 15 heteroatoms.